The molecule has 3 aromatic rings. The van der Waals surface area contributed by atoms with Crippen LogP contribution in [0.4, 0.5) is 0 Å². The third-order valence-electron chi connectivity index (χ3n) is 6.54. The molecular weight excluding hydrogens is 504 g/mol. The van der Waals surface area contributed by atoms with Gasteiger partial charge in [-0.05, 0) is 70.5 Å². The molecule has 1 unspecified atom stereocenters. The zero-order chi connectivity index (χ0) is 27.4. The fourth-order valence-electron chi connectivity index (χ4n) is 4.63. The molecule has 9 nitrogen and oxygen atoms in total. The van der Waals surface area contributed by atoms with Crippen molar-refractivity contribution in [3.8, 4) is 5.75 Å². The van der Waals surface area contributed by atoms with Crippen molar-refractivity contribution in [1.82, 2.24) is 20.1 Å². The van der Waals surface area contributed by atoms with Crippen LogP contribution in [0.5, 0.6) is 5.75 Å². The van der Waals surface area contributed by atoms with E-state index in [1.807, 2.05) is 58.0 Å². The number of carbonyl (C=O) groups is 2. The molecule has 2 aromatic carbocycles. The number of nitrogens with zero attached hydrogens (tertiary/aromatic N) is 2. The first kappa shape index (κ1) is 27.8. The van der Waals surface area contributed by atoms with E-state index >= 15 is 0 Å². The summed E-state index contributed by atoms with van der Waals surface area (Å²) in [6.07, 6.45) is 0.356. The molecule has 0 radical (unpaired) electrons. The lowest BCUT2D eigenvalue weighted by Gasteiger charge is -2.40. The molecule has 0 spiro atoms. The molecule has 10 heteroatoms. The third kappa shape index (κ3) is 6.44. The van der Waals surface area contributed by atoms with Gasteiger partial charge in [0.1, 0.15) is 17.1 Å². The van der Waals surface area contributed by atoms with Crippen LogP contribution in [0.2, 0.25) is 0 Å². The fraction of sp³-hybridized carbons (Fsp3) is 0.393. The number of amides is 2. The van der Waals surface area contributed by atoms with Crippen molar-refractivity contribution < 1.29 is 24.1 Å². The average Bonchev–Trinajstić information content (AvgIpc) is 2.90. The molecule has 2 heterocycles. The number of ether oxygens (including phenoxy) is 1. The van der Waals surface area contributed by atoms with E-state index in [0.29, 0.717) is 30.9 Å². The SMILES string of the molecule is Cc1cc(COc2ccc(C(=O)N[C@@H]3CN([S+]([O-])C(C)(C)C)CC[C@@H]3C(=O)NO)cc2)c2ccccc2n1. The van der Waals surface area contributed by atoms with Gasteiger partial charge in [-0.2, -0.15) is 0 Å². The number of fused-ring (bicyclic) bond motifs is 1. The number of hydroxylamine groups is 1. The van der Waals surface area contributed by atoms with E-state index in [1.165, 1.54) is 0 Å². The number of rotatable bonds is 7. The highest BCUT2D eigenvalue weighted by molar-refractivity contribution is 7.90. The maximum absolute atomic E-state index is 13.1. The van der Waals surface area contributed by atoms with Crippen molar-refractivity contribution in [2.24, 2.45) is 5.92 Å². The summed E-state index contributed by atoms with van der Waals surface area (Å²) in [5, 5.41) is 13.1. The smallest absolute Gasteiger partial charge is 0.251 e. The normalized spacial score (nSPS) is 19.1. The van der Waals surface area contributed by atoms with Gasteiger partial charge in [0.05, 0.1) is 24.0 Å². The quantitative estimate of drug-likeness (QED) is 0.239. The summed E-state index contributed by atoms with van der Waals surface area (Å²) in [5.74, 6) is -0.962. The van der Waals surface area contributed by atoms with E-state index in [-0.39, 0.29) is 12.5 Å². The van der Waals surface area contributed by atoms with Crippen LogP contribution in [0.15, 0.2) is 54.6 Å². The standard InChI is InChI=1S/C28H34N4O5S/c1-18-15-20(22-7-5-6-8-24(22)29-18)17-37-21-11-9-19(10-12-21)26(33)30-25-16-32(38(36)28(2,3)4)14-13-23(25)27(34)31-35/h5-12,15,23,25,35H,13-14,16-17H2,1-4H3,(H,30,33)(H,31,34)/t23-,25+,38?/m0/s1. The molecular formula is C28H34N4O5S. The van der Waals surface area contributed by atoms with Crippen molar-refractivity contribution >= 4 is 34.1 Å². The van der Waals surface area contributed by atoms with Crippen LogP contribution in [-0.4, -0.2) is 54.7 Å². The van der Waals surface area contributed by atoms with Crippen molar-refractivity contribution in [3.05, 3.63) is 71.4 Å². The van der Waals surface area contributed by atoms with Crippen molar-refractivity contribution in [3.63, 3.8) is 0 Å². The maximum atomic E-state index is 13.1. The summed E-state index contributed by atoms with van der Waals surface area (Å²) in [5.41, 5.74) is 4.95. The number of benzene rings is 2. The Kier molecular flexibility index (Phi) is 8.57. The Hall–Kier alpha value is -3.18. The molecule has 1 saturated heterocycles. The van der Waals surface area contributed by atoms with E-state index < -0.39 is 34.0 Å². The van der Waals surface area contributed by atoms with Crippen molar-refractivity contribution in [1.29, 1.82) is 0 Å². The van der Waals surface area contributed by atoms with Gasteiger partial charge in [0, 0.05) is 40.1 Å². The highest BCUT2D eigenvalue weighted by Crippen LogP contribution is 2.27. The van der Waals surface area contributed by atoms with Crippen LogP contribution in [0.1, 0.15) is 48.8 Å². The molecule has 1 aliphatic heterocycles. The second-order valence-electron chi connectivity index (χ2n) is 10.5. The summed E-state index contributed by atoms with van der Waals surface area (Å²) >= 11 is -1.30. The number of piperidine rings is 1. The lowest BCUT2D eigenvalue weighted by Crippen LogP contribution is -2.59. The molecule has 3 N–H and O–H groups in total. The minimum Gasteiger partial charge on any atom is -0.597 e. The molecule has 3 atom stereocenters. The van der Waals surface area contributed by atoms with E-state index in [2.05, 4.69) is 10.3 Å². The van der Waals surface area contributed by atoms with E-state index in [1.54, 1.807) is 34.1 Å². The Morgan fingerprint density at radius 1 is 1.18 bits per heavy atom. The number of carbonyl (C=O) groups excluding carboxylic acids is 2. The Morgan fingerprint density at radius 2 is 1.89 bits per heavy atom. The minimum absolute atomic E-state index is 0.230. The maximum Gasteiger partial charge on any atom is 0.251 e. The summed E-state index contributed by atoms with van der Waals surface area (Å²) < 4.78 is 20.2. The van der Waals surface area contributed by atoms with Crippen molar-refractivity contribution in [2.75, 3.05) is 13.1 Å². The van der Waals surface area contributed by atoms with Gasteiger partial charge in [0.2, 0.25) is 5.91 Å². The third-order valence-corrected chi connectivity index (χ3v) is 8.39. The van der Waals surface area contributed by atoms with Gasteiger partial charge in [0.15, 0.2) is 0 Å². The molecule has 38 heavy (non-hydrogen) atoms. The topological polar surface area (TPSA) is 127 Å². The van der Waals surface area contributed by atoms with Gasteiger partial charge < -0.3 is 14.6 Å². The number of pyridine rings is 1. The monoisotopic (exact) mass is 538 g/mol. The van der Waals surface area contributed by atoms with Gasteiger partial charge in [-0.15, -0.1) is 4.31 Å². The first-order chi connectivity index (χ1) is 18.1. The second-order valence-corrected chi connectivity index (χ2v) is 12.7. The molecule has 2 amide bonds. The highest BCUT2D eigenvalue weighted by atomic mass is 32.2. The average molecular weight is 539 g/mol. The van der Waals surface area contributed by atoms with Crippen LogP contribution in [0.3, 0.4) is 0 Å². The largest absolute Gasteiger partial charge is 0.597 e. The van der Waals surface area contributed by atoms with Crippen LogP contribution in [0, 0.1) is 12.8 Å². The van der Waals surface area contributed by atoms with Crippen LogP contribution < -0.4 is 15.5 Å². The second kappa shape index (κ2) is 11.7. The summed E-state index contributed by atoms with van der Waals surface area (Å²) in [4.78, 5) is 29.9. The number of aromatic nitrogens is 1. The molecule has 1 aromatic heterocycles. The molecule has 1 fully saturated rings. The number of para-hydroxylation sites is 1. The van der Waals surface area contributed by atoms with Gasteiger partial charge in [-0.3, -0.25) is 19.8 Å². The lowest BCUT2D eigenvalue weighted by molar-refractivity contribution is -0.135. The predicted molar refractivity (Wildman–Crippen MR) is 146 cm³/mol. The summed E-state index contributed by atoms with van der Waals surface area (Å²) in [6, 6.07) is 16.1. The Balaban J connectivity index is 1.43. The van der Waals surface area contributed by atoms with Gasteiger partial charge in [-0.25, -0.2) is 5.48 Å². The van der Waals surface area contributed by atoms with E-state index in [9.17, 15) is 19.3 Å². The van der Waals surface area contributed by atoms with Crippen LogP contribution >= 0.6 is 0 Å². The number of aryl methyl sites for hydroxylation is 1. The summed E-state index contributed by atoms with van der Waals surface area (Å²) in [7, 11) is 0. The first-order valence-corrected chi connectivity index (χ1v) is 13.7. The number of hydrogen-bond donors (Lipinski definition) is 3. The Morgan fingerprint density at radius 3 is 2.58 bits per heavy atom. The Labute approximate surface area is 225 Å². The van der Waals surface area contributed by atoms with Gasteiger partial charge in [0.25, 0.3) is 5.91 Å². The fourth-order valence-corrected chi connectivity index (χ4v) is 5.97. The lowest BCUT2D eigenvalue weighted by atomic mass is 9.91. The first-order valence-electron chi connectivity index (χ1n) is 12.6. The minimum atomic E-state index is -1.30. The van der Waals surface area contributed by atoms with Gasteiger partial charge in [-0.1, -0.05) is 18.2 Å². The molecule has 0 aliphatic carbocycles. The molecule has 202 valence electrons. The highest BCUT2D eigenvalue weighted by Gasteiger charge is 2.42. The van der Waals surface area contributed by atoms with E-state index in [0.717, 1.165) is 22.2 Å². The summed E-state index contributed by atoms with van der Waals surface area (Å²) in [6.45, 7) is 8.60. The van der Waals surface area contributed by atoms with E-state index in [4.69, 9.17) is 4.74 Å². The van der Waals surface area contributed by atoms with Crippen LogP contribution in [-0.2, 0) is 22.8 Å². The number of hydrogen-bond acceptors (Lipinski definition) is 7. The predicted octanol–water partition coefficient (Wildman–Crippen LogP) is 3.51. The zero-order valence-electron chi connectivity index (χ0n) is 22.1. The molecule has 4 rings (SSSR count). The Bertz CT molecular complexity index is 1290. The van der Waals surface area contributed by atoms with Gasteiger partial charge >= 0.3 is 0 Å². The van der Waals surface area contributed by atoms with Crippen molar-refractivity contribution in [2.45, 2.75) is 51.5 Å². The molecule has 0 bridgehead atoms. The zero-order valence-corrected chi connectivity index (χ0v) is 22.9. The van der Waals surface area contributed by atoms with Crippen LogP contribution in [0.25, 0.3) is 10.9 Å². The molecule has 1 aliphatic rings. The number of nitrogens with one attached hydrogen (secondary N) is 2. The molecule has 0 saturated carbocycles.